The number of benzene rings is 2. The quantitative estimate of drug-likeness (QED) is 0.282. The fourth-order valence-electron chi connectivity index (χ4n) is 4.52. The molecule has 0 bridgehead atoms. The van der Waals surface area contributed by atoms with E-state index in [1.165, 1.54) is 0 Å². The van der Waals surface area contributed by atoms with Gasteiger partial charge in [0.15, 0.2) is 0 Å². The molecule has 39 heavy (non-hydrogen) atoms. The highest BCUT2D eigenvalue weighted by Gasteiger charge is 2.26. The van der Waals surface area contributed by atoms with Crippen molar-refractivity contribution >= 4 is 29.0 Å². The van der Waals surface area contributed by atoms with E-state index in [0.717, 1.165) is 28.2 Å². The fourth-order valence-corrected chi connectivity index (χ4v) is 4.76. The van der Waals surface area contributed by atoms with Gasteiger partial charge < -0.3 is 28.4 Å². The number of aromatic nitrogens is 2. The van der Waals surface area contributed by atoms with Crippen LogP contribution in [-0.4, -0.2) is 59.3 Å². The maximum atomic E-state index is 12.4. The number of halogens is 1. The van der Waals surface area contributed by atoms with Crippen LogP contribution in [0.3, 0.4) is 0 Å². The van der Waals surface area contributed by atoms with Gasteiger partial charge in [-0.1, -0.05) is 41.9 Å². The van der Waals surface area contributed by atoms with Crippen LogP contribution in [0.4, 0.5) is 10.5 Å². The molecule has 2 aromatic heterocycles. The number of fused-ring (bicyclic) bond motifs is 1. The SMILES string of the molecule is COc1cc(OCc2ccccc2)c(-c2cn3ccc(N4CCN(C(=O)OC(C)(C)C)CC4)cc3n2)cc1Cl. The van der Waals surface area contributed by atoms with Crippen LogP contribution in [-0.2, 0) is 11.3 Å². The van der Waals surface area contributed by atoms with Gasteiger partial charge in [-0.15, -0.1) is 0 Å². The predicted octanol–water partition coefficient (Wildman–Crippen LogP) is 6.30. The molecule has 0 N–H and O–H groups in total. The molecule has 1 aliphatic heterocycles. The average Bonchev–Trinajstić information content (AvgIpc) is 3.35. The van der Waals surface area contributed by atoms with Crippen LogP contribution >= 0.6 is 11.6 Å². The second kappa shape index (κ2) is 11.1. The minimum atomic E-state index is -0.502. The van der Waals surface area contributed by atoms with Crippen LogP contribution in [0.15, 0.2) is 67.0 Å². The van der Waals surface area contributed by atoms with E-state index >= 15 is 0 Å². The van der Waals surface area contributed by atoms with Gasteiger partial charge in [0.1, 0.15) is 29.4 Å². The number of amides is 1. The number of rotatable bonds is 6. The summed E-state index contributed by atoms with van der Waals surface area (Å²) in [6, 6.07) is 17.8. The molecule has 204 valence electrons. The summed E-state index contributed by atoms with van der Waals surface area (Å²) >= 11 is 6.50. The number of methoxy groups -OCH3 is 1. The Hall–Kier alpha value is -3.91. The Labute approximate surface area is 233 Å². The summed E-state index contributed by atoms with van der Waals surface area (Å²) in [5, 5.41) is 0.486. The fraction of sp³-hybridized carbons (Fsp3) is 0.333. The van der Waals surface area contributed by atoms with E-state index < -0.39 is 5.60 Å². The Morgan fingerprint density at radius 2 is 1.74 bits per heavy atom. The number of imidazole rings is 1. The molecule has 0 aliphatic carbocycles. The van der Waals surface area contributed by atoms with Gasteiger partial charge in [0.05, 0.1) is 17.8 Å². The van der Waals surface area contributed by atoms with Gasteiger partial charge in [-0.25, -0.2) is 9.78 Å². The number of carbonyl (C=O) groups is 1. The van der Waals surface area contributed by atoms with Crippen LogP contribution in [0.1, 0.15) is 26.3 Å². The first-order valence-corrected chi connectivity index (χ1v) is 13.3. The molecule has 1 saturated heterocycles. The molecule has 3 heterocycles. The molecule has 2 aromatic carbocycles. The number of hydrogen-bond donors (Lipinski definition) is 0. The van der Waals surface area contributed by atoms with Crippen molar-refractivity contribution in [2.75, 3.05) is 38.2 Å². The zero-order chi connectivity index (χ0) is 27.6. The van der Waals surface area contributed by atoms with Crippen LogP contribution in [0.2, 0.25) is 5.02 Å². The van der Waals surface area contributed by atoms with E-state index in [1.807, 2.05) is 74.0 Å². The molecule has 1 amide bonds. The van der Waals surface area contributed by atoms with E-state index in [-0.39, 0.29) is 6.09 Å². The summed E-state index contributed by atoms with van der Waals surface area (Å²) in [4.78, 5) is 21.4. The van der Waals surface area contributed by atoms with Crippen molar-refractivity contribution < 1.29 is 19.0 Å². The lowest BCUT2D eigenvalue weighted by molar-refractivity contribution is 0.0240. The van der Waals surface area contributed by atoms with E-state index in [4.69, 9.17) is 30.8 Å². The molecule has 1 fully saturated rings. The third kappa shape index (κ3) is 6.23. The average molecular weight is 549 g/mol. The summed E-state index contributed by atoms with van der Waals surface area (Å²) in [7, 11) is 1.58. The zero-order valence-corrected chi connectivity index (χ0v) is 23.4. The van der Waals surface area contributed by atoms with Gasteiger partial charge in [-0.2, -0.15) is 0 Å². The standard InChI is InChI=1S/C30H33ClN4O4/c1-30(2,3)39-29(36)34-14-12-33(13-15-34)22-10-11-35-19-25(32-28(35)16-22)23-17-24(31)27(37-4)18-26(23)38-20-21-8-6-5-7-9-21/h5-11,16-19H,12-15,20H2,1-4H3. The smallest absolute Gasteiger partial charge is 0.410 e. The molecule has 0 unspecified atom stereocenters. The molecule has 0 radical (unpaired) electrons. The number of carbonyl (C=O) groups excluding carboxylic acids is 1. The van der Waals surface area contributed by atoms with E-state index in [9.17, 15) is 4.79 Å². The second-order valence-corrected chi connectivity index (χ2v) is 10.9. The van der Waals surface area contributed by atoms with Gasteiger partial charge in [-0.3, -0.25) is 0 Å². The first-order chi connectivity index (χ1) is 18.7. The summed E-state index contributed by atoms with van der Waals surface area (Å²) in [5.74, 6) is 1.18. The highest BCUT2D eigenvalue weighted by Crippen LogP contribution is 2.39. The Kier molecular flexibility index (Phi) is 7.57. The zero-order valence-electron chi connectivity index (χ0n) is 22.7. The van der Waals surface area contributed by atoms with Crippen molar-refractivity contribution in [3.8, 4) is 22.8 Å². The lowest BCUT2D eigenvalue weighted by Crippen LogP contribution is -2.50. The van der Waals surface area contributed by atoms with Gasteiger partial charge in [0.25, 0.3) is 0 Å². The Morgan fingerprint density at radius 1 is 1.00 bits per heavy atom. The molecule has 8 nitrogen and oxygen atoms in total. The topological polar surface area (TPSA) is 68.5 Å². The number of piperazine rings is 1. The van der Waals surface area contributed by atoms with E-state index in [0.29, 0.717) is 49.3 Å². The van der Waals surface area contributed by atoms with Crippen molar-refractivity contribution in [1.82, 2.24) is 14.3 Å². The molecule has 9 heteroatoms. The van der Waals surface area contributed by atoms with Crippen LogP contribution in [0, 0.1) is 0 Å². The number of ether oxygens (including phenoxy) is 3. The summed E-state index contributed by atoms with van der Waals surface area (Å²) in [6.07, 6.45) is 3.70. The summed E-state index contributed by atoms with van der Waals surface area (Å²) in [5.41, 5.74) is 3.94. The largest absolute Gasteiger partial charge is 0.495 e. The van der Waals surface area contributed by atoms with Gasteiger partial charge >= 0.3 is 6.09 Å². The Bertz CT molecular complexity index is 1460. The van der Waals surface area contributed by atoms with Crippen molar-refractivity contribution in [1.29, 1.82) is 0 Å². The van der Waals surface area contributed by atoms with Crippen molar-refractivity contribution in [2.24, 2.45) is 0 Å². The van der Waals surface area contributed by atoms with Crippen LogP contribution in [0.5, 0.6) is 11.5 Å². The lowest BCUT2D eigenvalue weighted by atomic mass is 10.1. The van der Waals surface area contributed by atoms with E-state index in [2.05, 4.69) is 17.0 Å². The maximum Gasteiger partial charge on any atom is 0.410 e. The Balaban J connectivity index is 1.36. The lowest BCUT2D eigenvalue weighted by Gasteiger charge is -2.36. The van der Waals surface area contributed by atoms with Gasteiger partial charge in [-0.05, 0) is 38.5 Å². The molecule has 5 rings (SSSR count). The number of anilines is 1. The molecule has 4 aromatic rings. The summed E-state index contributed by atoms with van der Waals surface area (Å²) in [6.45, 7) is 8.70. The summed E-state index contributed by atoms with van der Waals surface area (Å²) < 4.78 is 19.2. The maximum absolute atomic E-state index is 12.4. The predicted molar refractivity (Wildman–Crippen MR) is 153 cm³/mol. The number of pyridine rings is 1. The highest BCUT2D eigenvalue weighted by atomic mass is 35.5. The van der Waals surface area contributed by atoms with Gasteiger partial charge in [0, 0.05) is 62.0 Å². The van der Waals surface area contributed by atoms with Crippen LogP contribution in [0.25, 0.3) is 16.9 Å². The van der Waals surface area contributed by atoms with E-state index in [1.54, 1.807) is 18.1 Å². The molecule has 0 spiro atoms. The second-order valence-electron chi connectivity index (χ2n) is 10.5. The Morgan fingerprint density at radius 3 is 2.44 bits per heavy atom. The van der Waals surface area contributed by atoms with Crippen LogP contribution < -0.4 is 14.4 Å². The third-order valence-electron chi connectivity index (χ3n) is 6.51. The first-order valence-electron chi connectivity index (χ1n) is 13.0. The minimum Gasteiger partial charge on any atom is -0.495 e. The normalized spacial score (nSPS) is 14.0. The molecular formula is C30H33ClN4O4. The first kappa shape index (κ1) is 26.7. The highest BCUT2D eigenvalue weighted by molar-refractivity contribution is 6.32. The van der Waals surface area contributed by atoms with Gasteiger partial charge in [0.2, 0.25) is 0 Å². The monoisotopic (exact) mass is 548 g/mol. The van der Waals surface area contributed by atoms with Crippen molar-refractivity contribution in [3.63, 3.8) is 0 Å². The van der Waals surface area contributed by atoms with Crippen molar-refractivity contribution in [3.05, 3.63) is 77.6 Å². The number of hydrogen-bond acceptors (Lipinski definition) is 6. The molecule has 0 saturated carbocycles. The minimum absolute atomic E-state index is 0.265. The molecule has 0 atom stereocenters. The third-order valence-corrected chi connectivity index (χ3v) is 6.80. The van der Waals surface area contributed by atoms with Crippen molar-refractivity contribution in [2.45, 2.75) is 33.0 Å². The number of nitrogens with zero attached hydrogens (tertiary/aromatic N) is 4. The molecule has 1 aliphatic rings. The molecular weight excluding hydrogens is 516 g/mol.